The lowest BCUT2D eigenvalue weighted by molar-refractivity contribution is -0.141. The zero-order valence-electron chi connectivity index (χ0n) is 13.8. The summed E-state index contributed by atoms with van der Waals surface area (Å²) in [4.78, 5) is 2.25. The molecule has 2 aromatic rings. The summed E-state index contributed by atoms with van der Waals surface area (Å²) in [6, 6.07) is 3.46. The van der Waals surface area contributed by atoms with Crippen molar-refractivity contribution in [2.75, 3.05) is 13.1 Å². The molecule has 1 atom stereocenters. The third kappa shape index (κ3) is 3.80. The summed E-state index contributed by atoms with van der Waals surface area (Å²) in [5, 5.41) is 10.5. The van der Waals surface area contributed by atoms with E-state index in [-0.39, 0.29) is 5.92 Å². The summed E-state index contributed by atoms with van der Waals surface area (Å²) in [7, 11) is 0. The largest absolute Gasteiger partial charge is 0.435 e. The van der Waals surface area contributed by atoms with Crippen molar-refractivity contribution in [1.82, 2.24) is 24.9 Å². The van der Waals surface area contributed by atoms with Crippen LogP contribution in [-0.2, 0) is 12.7 Å². The van der Waals surface area contributed by atoms with Gasteiger partial charge in [-0.15, -0.1) is 0 Å². The summed E-state index contributed by atoms with van der Waals surface area (Å²) in [6.45, 7) is 6.52. The highest BCUT2D eigenvalue weighted by Crippen LogP contribution is 2.32. The van der Waals surface area contributed by atoms with Gasteiger partial charge in [-0.3, -0.25) is 14.7 Å². The Bertz CT molecular complexity index is 673. The SMILES string of the molecule is CC(C)n1ccc(CN2CCC[C@H](c3cc(C(F)(F)F)n[nH]3)C2)n1. The van der Waals surface area contributed by atoms with Crippen molar-refractivity contribution in [3.8, 4) is 0 Å². The van der Waals surface area contributed by atoms with E-state index in [0.29, 0.717) is 18.3 Å². The number of aromatic amines is 1. The lowest BCUT2D eigenvalue weighted by atomic mass is 9.94. The van der Waals surface area contributed by atoms with E-state index in [2.05, 4.69) is 34.0 Å². The number of piperidine rings is 1. The average molecular weight is 341 g/mol. The van der Waals surface area contributed by atoms with E-state index in [1.807, 2.05) is 16.9 Å². The van der Waals surface area contributed by atoms with Crippen molar-refractivity contribution in [3.05, 3.63) is 35.4 Å². The van der Waals surface area contributed by atoms with E-state index in [0.717, 1.165) is 37.7 Å². The van der Waals surface area contributed by atoms with Crippen LogP contribution in [-0.4, -0.2) is 38.0 Å². The number of alkyl halides is 3. The van der Waals surface area contributed by atoms with Crippen molar-refractivity contribution in [2.45, 2.75) is 51.4 Å². The van der Waals surface area contributed by atoms with Gasteiger partial charge in [-0.1, -0.05) is 0 Å². The Morgan fingerprint density at radius 2 is 2.17 bits per heavy atom. The van der Waals surface area contributed by atoms with E-state index < -0.39 is 11.9 Å². The standard InChI is InChI=1S/C16H22F3N5/c1-11(2)24-7-5-13(22-24)10-23-6-3-4-12(9-23)14-8-15(21-20-14)16(17,18)19/h5,7-8,11-12H,3-4,6,9-10H2,1-2H3,(H,20,21)/t12-/m0/s1. The number of nitrogens with one attached hydrogen (secondary N) is 1. The molecule has 0 amide bonds. The Labute approximate surface area is 138 Å². The molecule has 8 heteroatoms. The molecular formula is C16H22F3N5. The molecular weight excluding hydrogens is 319 g/mol. The van der Waals surface area contributed by atoms with Gasteiger partial charge in [0.25, 0.3) is 0 Å². The molecule has 1 fully saturated rings. The summed E-state index contributed by atoms with van der Waals surface area (Å²) in [5.41, 5.74) is 0.718. The monoisotopic (exact) mass is 341 g/mol. The fourth-order valence-corrected chi connectivity index (χ4v) is 3.12. The summed E-state index contributed by atoms with van der Waals surface area (Å²) < 4.78 is 40.0. The predicted molar refractivity (Wildman–Crippen MR) is 83.5 cm³/mol. The van der Waals surface area contributed by atoms with Crippen molar-refractivity contribution < 1.29 is 13.2 Å². The number of likely N-dealkylation sites (tertiary alicyclic amines) is 1. The third-order valence-electron chi connectivity index (χ3n) is 4.41. The second-order valence-electron chi connectivity index (χ2n) is 6.66. The maximum Gasteiger partial charge on any atom is 0.435 e. The molecule has 2 aromatic heterocycles. The van der Waals surface area contributed by atoms with Gasteiger partial charge >= 0.3 is 6.18 Å². The zero-order chi connectivity index (χ0) is 17.3. The molecule has 5 nitrogen and oxygen atoms in total. The smallest absolute Gasteiger partial charge is 0.297 e. The highest BCUT2D eigenvalue weighted by molar-refractivity contribution is 5.16. The molecule has 0 bridgehead atoms. The van der Waals surface area contributed by atoms with Gasteiger partial charge in [0.05, 0.1) is 5.69 Å². The van der Waals surface area contributed by atoms with Crippen LogP contribution in [0.15, 0.2) is 18.3 Å². The Morgan fingerprint density at radius 1 is 1.38 bits per heavy atom. The Hall–Kier alpha value is -1.83. The number of halogens is 3. The molecule has 1 saturated heterocycles. The minimum absolute atomic E-state index is 0.0505. The first-order valence-corrected chi connectivity index (χ1v) is 8.22. The molecule has 132 valence electrons. The molecule has 3 heterocycles. The van der Waals surface area contributed by atoms with E-state index in [4.69, 9.17) is 0 Å². The first kappa shape index (κ1) is 17.0. The maximum absolute atomic E-state index is 12.7. The van der Waals surface area contributed by atoms with Crippen LogP contribution >= 0.6 is 0 Å². The highest BCUT2D eigenvalue weighted by Gasteiger charge is 2.35. The van der Waals surface area contributed by atoms with E-state index in [1.165, 1.54) is 0 Å². The van der Waals surface area contributed by atoms with Gasteiger partial charge in [0.2, 0.25) is 0 Å². The van der Waals surface area contributed by atoms with E-state index >= 15 is 0 Å². The molecule has 0 radical (unpaired) electrons. The summed E-state index contributed by atoms with van der Waals surface area (Å²) >= 11 is 0. The molecule has 3 rings (SSSR count). The van der Waals surface area contributed by atoms with Gasteiger partial charge in [-0.2, -0.15) is 23.4 Å². The van der Waals surface area contributed by atoms with Crippen molar-refractivity contribution >= 4 is 0 Å². The van der Waals surface area contributed by atoms with Crippen LogP contribution in [0.5, 0.6) is 0 Å². The van der Waals surface area contributed by atoms with Crippen molar-refractivity contribution in [1.29, 1.82) is 0 Å². The van der Waals surface area contributed by atoms with Crippen LogP contribution in [0.2, 0.25) is 0 Å². The highest BCUT2D eigenvalue weighted by atomic mass is 19.4. The topological polar surface area (TPSA) is 49.7 Å². The van der Waals surface area contributed by atoms with Gasteiger partial charge in [-0.05, 0) is 45.4 Å². The van der Waals surface area contributed by atoms with E-state index in [1.54, 1.807) is 0 Å². The summed E-state index contributed by atoms with van der Waals surface area (Å²) in [5.74, 6) is 0.0505. The van der Waals surface area contributed by atoms with Gasteiger partial charge in [0, 0.05) is 36.9 Å². The van der Waals surface area contributed by atoms with E-state index in [9.17, 15) is 13.2 Å². The Kier molecular flexibility index (Phi) is 4.67. The molecule has 24 heavy (non-hydrogen) atoms. The molecule has 0 saturated carbocycles. The number of aromatic nitrogens is 4. The molecule has 1 aliphatic rings. The van der Waals surface area contributed by atoms with Crippen LogP contribution in [0.3, 0.4) is 0 Å². The summed E-state index contributed by atoms with van der Waals surface area (Å²) in [6.07, 6.45) is -0.606. The minimum atomic E-state index is -4.40. The van der Waals surface area contributed by atoms with Gasteiger partial charge in [-0.25, -0.2) is 0 Å². The van der Waals surface area contributed by atoms with Crippen LogP contribution < -0.4 is 0 Å². The zero-order valence-corrected chi connectivity index (χ0v) is 13.8. The molecule has 1 aliphatic heterocycles. The van der Waals surface area contributed by atoms with Gasteiger partial charge < -0.3 is 0 Å². The van der Waals surface area contributed by atoms with Crippen LogP contribution in [0, 0.1) is 0 Å². The number of nitrogens with zero attached hydrogens (tertiary/aromatic N) is 4. The lowest BCUT2D eigenvalue weighted by Gasteiger charge is -2.31. The number of hydrogen-bond acceptors (Lipinski definition) is 3. The van der Waals surface area contributed by atoms with Crippen LogP contribution in [0.1, 0.15) is 55.7 Å². The normalized spacial score (nSPS) is 20.0. The average Bonchev–Trinajstić information content (AvgIpc) is 3.16. The van der Waals surface area contributed by atoms with Crippen LogP contribution in [0.4, 0.5) is 13.2 Å². The van der Waals surface area contributed by atoms with Crippen molar-refractivity contribution in [2.24, 2.45) is 0 Å². The third-order valence-corrected chi connectivity index (χ3v) is 4.41. The fourth-order valence-electron chi connectivity index (χ4n) is 3.12. The quantitative estimate of drug-likeness (QED) is 0.925. The first-order valence-electron chi connectivity index (χ1n) is 8.22. The van der Waals surface area contributed by atoms with Gasteiger partial charge in [0.15, 0.2) is 5.69 Å². The second-order valence-corrected chi connectivity index (χ2v) is 6.66. The van der Waals surface area contributed by atoms with Crippen molar-refractivity contribution in [3.63, 3.8) is 0 Å². The lowest BCUT2D eigenvalue weighted by Crippen LogP contribution is -2.34. The second kappa shape index (κ2) is 6.58. The molecule has 0 unspecified atom stereocenters. The number of rotatable bonds is 4. The Balaban J connectivity index is 1.64. The Morgan fingerprint density at radius 3 is 2.79 bits per heavy atom. The van der Waals surface area contributed by atoms with Gasteiger partial charge in [0.1, 0.15) is 0 Å². The molecule has 0 aromatic carbocycles. The minimum Gasteiger partial charge on any atom is -0.297 e. The number of hydrogen-bond donors (Lipinski definition) is 1. The maximum atomic E-state index is 12.7. The molecule has 0 aliphatic carbocycles. The molecule has 1 N–H and O–H groups in total. The number of H-pyrrole nitrogens is 1. The fraction of sp³-hybridized carbons (Fsp3) is 0.625. The predicted octanol–water partition coefficient (Wildman–Crippen LogP) is 3.59. The first-order chi connectivity index (χ1) is 11.3. The van der Waals surface area contributed by atoms with Crippen LogP contribution in [0.25, 0.3) is 0 Å². The molecule has 0 spiro atoms.